The molecule has 0 bridgehead atoms. The third-order valence-corrected chi connectivity index (χ3v) is 4.87. The van der Waals surface area contributed by atoms with Crippen LogP contribution in [0.2, 0.25) is 0 Å². The molecule has 1 aromatic carbocycles. The minimum absolute atomic E-state index is 0.0227. The number of thiophene rings is 1. The lowest BCUT2D eigenvalue weighted by Crippen LogP contribution is -2.33. The van der Waals surface area contributed by atoms with Gasteiger partial charge in [0.2, 0.25) is 0 Å². The van der Waals surface area contributed by atoms with E-state index < -0.39 is 5.97 Å². The van der Waals surface area contributed by atoms with Gasteiger partial charge in [0.15, 0.2) is 0 Å². The maximum atomic E-state index is 12.0. The van der Waals surface area contributed by atoms with Crippen LogP contribution in [0.5, 0.6) is 0 Å². The summed E-state index contributed by atoms with van der Waals surface area (Å²) in [5.41, 5.74) is 0.851. The number of ether oxygens (including phenoxy) is 1. The number of carboxylic acids is 1. The first kappa shape index (κ1) is 15.7. The van der Waals surface area contributed by atoms with E-state index in [0.29, 0.717) is 4.88 Å². The quantitative estimate of drug-likeness (QED) is 0.883. The summed E-state index contributed by atoms with van der Waals surface area (Å²) in [4.78, 5) is 26.0. The number of nitrogens with zero attached hydrogens (tertiary/aromatic N) is 1. The molecule has 1 aliphatic rings. The Morgan fingerprint density at radius 3 is 2.74 bits per heavy atom. The Balaban J connectivity index is 1.58. The molecular formula is C17H17NO4S. The predicted molar refractivity (Wildman–Crippen MR) is 87.9 cm³/mol. The highest BCUT2D eigenvalue weighted by molar-refractivity contribution is 7.13. The minimum atomic E-state index is -0.888. The average molecular weight is 331 g/mol. The number of rotatable bonds is 6. The molecule has 1 aliphatic heterocycles. The molecule has 6 heteroatoms. The normalized spacial score (nSPS) is 17.7. The van der Waals surface area contributed by atoms with Gasteiger partial charge in [0.05, 0.1) is 0 Å². The second-order valence-corrected chi connectivity index (χ2v) is 6.50. The molecule has 5 nitrogen and oxygen atoms in total. The standard InChI is InChI=1S/C17H17NO4S/c19-15-11-22-16(18(15)12-5-2-1-3-6-12)8-4-7-13-9-10-14(23-13)17(20)21/h1-3,5-6,9-10,16H,4,7-8,11H2,(H,20,21). The van der Waals surface area contributed by atoms with E-state index in [4.69, 9.17) is 9.84 Å². The largest absolute Gasteiger partial charge is 0.477 e. The SMILES string of the molecule is O=C(O)c1ccc(CCCC2OCC(=O)N2c2ccccc2)s1. The van der Waals surface area contributed by atoms with Crippen LogP contribution < -0.4 is 4.90 Å². The van der Waals surface area contributed by atoms with Gasteiger partial charge in [-0.15, -0.1) is 11.3 Å². The third kappa shape index (κ3) is 3.60. The van der Waals surface area contributed by atoms with Gasteiger partial charge in [-0.1, -0.05) is 18.2 Å². The van der Waals surface area contributed by atoms with E-state index >= 15 is 0 Å². The zero-order chi connectivity index (χ0) is 16.2. The van der Waals surface area contributed by atoms with E-state index in [-0.39, 0.29) is 18.7 Å². The van der Waals surface area contributed by atoms with Crippen LogP contribution in [0, 0.1) is 0 Å². The Kier molecular flexibility index (Phi) is 4.73. The van der Waals surface area contributed by atoms with Crippen molar-refractivity contribution in [3.63, 3.8) is 0 Å². The number of anilines is 1. The van der Waals surface area contributed by atoms with E-state index in [9.17, 15) is 9.59 Å². The number of benzene rings is 1. The zero-order valence-electron chi connectivity index (χ0n) is 12.5. The molecule has 1 N–H and O–H groups in total. The van der Waals surface area contributed by atoms with Gasteiger partial charge in [-0.2, -0.15) is 0 Å². The summed E-state index contributed by atoms with van der Waals surface area (Å²) < 4.78 is 5.60. The molecule has 1 saturated heterocycles. The number of hydrogen-bond acceptors (Lipinski definition) is 4. The van der Waals surface area contributed by atoms with E-state index in [1.54, 1.807) is 11.0 Å². The number of aryl methyl sites for hydroxylation is 1. The molecule has 0 spiro atoms. The zero-order valence-corrected chi connectivity index (χ0v) is 13.3. The first-order valence-corrected chi connectivity index (χ1v) is 8.27. The Labute approximate surface area is 138 Å². The second-order valence-electron chi connectivity index (χ2n) is 5.33. The maximum absolute atomic E-state index is 12.0. The Morgan fingerprint density at radius 2 is 2.04 bits per heavy atom. The lowest BCUT2D eigenvalue weighted by atomic mass is 10.1. The molecule has 1 unspecified atom stereocenters. The summed E-state index contributed by atoms with van der Waals surface area (Å²) in [5, 5.41) is 8.93. The number of carbonyl (C=O) groups excluding carboxylic acids is 1. The van der Waals surface area contributed by atoms with E-state index in [0.717, 1.165) is 29.8 Å². The van der Waals surface area contributed by atoms with Crippen LogP contribution in [0.4, 0.5) is 5.69 Å². The number of carbonyl (C=O) groups is 2. The average Bonchev–Trinajstić information content (AvgIpc) is 3.16. The van der Waals surface area contributed by atoms with Gasteiger partial charge in [-0.25, -0.2) is 4.79 Å². The van der Waals surface area contributed by atoms with Crippen LogP contribution >= 0.6 is 11.3 Å². The fourth-order valence-corrected chi connectivity index (χ4v) is 3.55. The summed E-state index contributed by atoms with van der Waals surface area (Å²) in [7, 11) is 0. The van der Waals surface area contributed by atoms with Crippen molar-refractivity contribution in [2.45, 2.75) is 25.5 Å². The van der Waals surface area contributed by atoms with Crippen LogP contribution in [0.25, 0.3) is 0 Å². The van der Waals surface area contributed by atoms with Crippen molar-refractivity contribution in [1.29, 1.82) is 0 Å². The first-order chi connectivity index (χ1) is 11.1. The van der Waals surface area contributed by atoms with Crippen molar-refractivity contribution in [3.8, 4) is 0 Å². The van der Waals surface area contributed by atoms with Crippen LogP contribution in [-0.2, 0) is 16.0 Å². The molecule has 0 radical (unpaired) electrons. The van der Waals surface area contributed by atoms with Gasteiger partial charge in [-0.3, -0.25) is 9.69 Å². The van der Waals surface area contributed by atoms with Crippen molar-refractivity contribution >= 4 is 28.9 Å². The molecule has 1 amide bonds. The van der Waals surface area contributed by atoms with Gasteiger partial charge in [-0.05, 0) is 43.5 Å². The van der Waals surface area contributed by atoms with Crippen molar-refractivity contribution in [1.82, 2.24) is 0 Å². The van der Waals surface area contributed by atoms with Crippen molar-refractivity contribution < 1.29 is 19.4 Å². The van der Waals surface area contributed by atoms with Gasteiger partial charge >= 0.3 is 5.97 Å². The van der Waals surface area contributed by atoms with Crippen molar-refractivity contribution in [2.24, 2.45) is 0 Å². The topological polar surface area (TPSA) is 66.8 Å². The highest BCUT2D eigenvalue weighted by atomic mass is 32.1. The Hall–Kier alpha value is -2.18. The molecule has 23 heavy (non-hydrogen) atoms. The number of hydrogen-bond donors (Lipinski definition) is 1. The number of carboxylic acid groups (broad SMARTS) is 1. The molecule has 0 aliphatic carbocycles. The first-order valence-electron chi connectivity index (χ1n) is 7.46. The van der Waals surface area contributed by atoms with Gasteiger partial charge in [0.25, 0.3) is 5.91 Å². The lowest BCUT2D eigenvalue weighted by Gasteiger charge is -2.23. The fraction of sp³-hybridized carbons (Fsp3) is 0.294. The number of amides is 1. The molecule has 2 heterocycles. The van der Waals surface area contributed by atoms with Crippen LogP contribution in [-0.4, -0.2) is 29.8 Å². The Morgan fingerprint density at radius 1 is 1.26 bits per heavy atom. The molecule has 2 aromatic rings. The number of para-hydroxylation sites is 1. The number of aromatic carboxylic acids is 1. The monoisotopic (exact) mass is 331 g/mol. The van der Waals surface area contributed by atoms with Gasteiger partial charge in [0.1, 0.15) is 17.7 Å². The molecular weight excluding hydrogens is 314 g/mol. The minimum Gasteiger partial charge on any atom is -0.477 e. The molecule has 120 valence electrons. The summed E-state index contributed by atoms with van der Waals surface area (Å²) in [6, 6.07) is 13.0. The smallest absolute Gasteiger partial charge is 0.345 e. The van der Waals surface area contributed by atoms with Gasteiger partial charge < -0.3 is 9.84 Å². The molecule has 3 rings (SSSR count). The fourth-order valence-electron chi connectivity index (χ4n) is 2.66. The van der Waals surface area contributed by atoms with Crippen molar-refractivity contribution in [3.05, 3.63) is 52.2 Å². The highest BCUT2D eigenvalue weighted by Gasteiger charge is 2.32. The molecule has 1 atom stereocenters. The van der Waals surface area contributed by atoms with Crippen molar-refractivity contribution in [2.75, 3.05) is 11.5 Å². The van der Waals surface area contributed by atoms with Crippen LogP contribution in [0.1, 0.15) is 27.4 Å². The molecule has 0 saturated carbocycles. The summed E-state index contributed by atoms with van der Waals surface area (Å²) in [6.07, 6.45) is 2.10. The summed E-state index contributed by atoms with van der Waals surface area (Å²) in [5.74, 6) is -0.910. The molecule has 1 fully saturated rings. The van der Waals surface area contributed by atoms with Gasteiger partial charge in [0, 0.05) is 10.6 Å². The van der Waals surface area contributed by atoms with E-state index in [1.165, 1.54) is 11.3 Å². The second kappa shape index (κ2) is 6.93. The lowest BCUT2D eigenvalue weighted by molar-refractivity contribution is -0.117. The highest BCUT2D eigenvalue weighted by Crippen LogP contribution is 2.26. The van der Waals surface area contributed by atoms with Crippen LogP contribution in [0.15, 0.2) is 42.5 Å². The predicted octanol–water partition coefficient (Wildman–Crippen LogP) is 3.16. The summed E-state index contributed by atoms with van der Waals surface area (Å²) in [6.45, 7) is 0.113. The third-order valence-electron chi connectivity index (χ3n) is 3.74. The Bertz CT molecular complexity index is 698. The van der Waals surface area contributed by atoms with Crippen LogP contribution in [0.3, 0.4) is 0 Å². The van der Waals surface area contributed by atoms with E-state index in [1.807, 2.05) is 36.4 Å². The maximum Gasteiger partial charge on any atom is 0.345 e. The van der Waals surface area contributed by atoms with E-state index in [2.05, 4.69) is 0 Å². The molecule has 1 aromatic heterocycles. The summed E-state index contributed by atoms with van der Waals surface area (Å²) >= 11 is 1.30.